The Labute approximate surface area is 182 Å². The Hall–Kier alpha value is -2.58. The maximum Gasteiger partial charge on any atom is 0.230 e. The van der Waals surface area contributed by atoms with Crippen molar-refractivity contribution in [3.8, 4) is 17.1 Å². The van der Waals surface area contributed by atoms with Gasteiger partial charge in [-0.1, -0.05) is 35.5 Å². The third kappa shape index (κ3) is 5.12. The molecule has 0 saturated heterocycles. The standard InChI is InChI=1S/C21H20ClFN4O2S/c22-14-5-9-16(10-6-14)29-12-11-24-19(28)13-30-21-26-25-20(27(21)15-7-8-15)17-3-1-2-4-18(17)23/h1-6,9-10,15H,7-8,11-13H2,(H,24,28). The highest BCUT2D eigenvalue weighted by Crippen LogP contribution is 2.41. The molecule has 1 amide bonds. The predicted molar refractivity (Wildman–Crippen MR) is 114 cm³/mol. The number of carbonyl (C=O) groups excluding carboxylic acids is 1. The van der Waals surface area contributed by atoms with Crippen LogP contribution in [-0.2, 0) is 4.79 Å². The first-order valence-corrected chi connectivity index (χ1v) is 11.0. The van der Waals surface area contributed by atoms with Crippen LogP contribution >= 0.6 is 23.4 Å². The lowest BCUT2D eigenvalue weighted by molar-refractivity contribution is -0.118. The molecule has 0 bridgehead atoms. The normalized spacial score (nSPS) is 13.3. The van der Waals surface area contributed by atoms with Crippen LogP contribution in [0.15, 0.2) is 53.7 Å². The molecule has 4 rings (SSSR count). The molecule has 0 atom stereocenters. The summed E-state index contributed by atoms with van der Waals surface area (Å²) in [5, 5.41) is 12.5. The lowest BCUT2D eigenvalue weighted by Gasteiger charge is -2.10. The maximum absolute atomic E-state index is 14.2. The van der Waals surface area contributed by atoms with Crippen LogP contribution in [0.2, 0.25) is 5.02 Å². The van der Waals surface area contributed by atoms with Crippen LogP contribution in [-0.4, -0.2) is 39.6 Å². The summed E-state index contributed by atoms with van der Waals surface area (Å²) >= 11 is 7.13. The highest BCUT2D eigenvalue weighted by atomic mass is 35.5. The highest BCUT2D eigenvalue weighted by molar-refractivity contribution is 7.99. The highest BCUT2D eigenvalue weighted by Gasteiger charge is 2.31. The summed E-state index contributed by atoms with van der Waals surface area (Å²) in [4.78, 5) is 12.2. The van der Waals surface area contributed by atoms with E-state index < -0.39 is 0 Å². The number of thioether (sulfide) groups is 1. The van der Waals surface area contributed by atoms with Gasteiger partial charge in [-0.15, -0.1) is 10.2 Å². The molecule has 0 aliphatic heterocycles. The van der Waals surface area contributed by atoms with Gasteiger partial charge in [-0.3, -0.25) is 9.36 Å². The molecule has 3 aromatic rings. The van der Waals surface area contributed by atoms with Crippen molar-refractivity contribution >= 4 is 29.3 Å². The van der Waals surface area contributed by atoms with Gasteiger partial charge in [-0.2, -0.15) is 0 Å². The minimum atomic E-state index is -0.332. The van der Waals surface area contributed by atoms with E-state index in [9.17, 15) is 9.18 Å². The van der Waals surface area contributed by atoms with Crippen molar-refractivity contribution in [1.29, 1.82) is 0 Å². The molecule has 6 nitrogen and oxygen atoms in total. The van der Waals surface area contributed by atoms with Crippen molar-refractivity contribution in [3.63, 3.8) is 0 Å². The molecule has 1 heterocycles. The Balaban J connectivity index is 1.30. The van der Waals surface area contributed by atoms with Crippen molar-refractivity contribution < 1.29 is 13.9 Å². The molecule has 1 N–H and O–H groups in total. The zero-order valence-corrected chi connectivity index (χ0v) is 17.6. The van der Waals surface area contributed by atoms with Crippen LogP contribution in [0.25, 0.3) is 11.4 Å². The van der Waals surface area contributed by atoms with E-state index in [1.165, 1.54) is 17.8 Å². The zero-order valence-electron chi connectivity index (χ0n) is 16.1. The number of nitrogens with zero attached hydrogens (tertiary/aromatic N) is 3. The summed E-state index contributed by atoms with van der Waals surface area (Å²) in [7, 11) is 0. The van der Waals surface area contributed by atoms with E-state index in [0.717, 1.165) is 12.8 Å². The van der Waals surface area contributed by atoms with Crippen LogP contribution in [0.1, 0.15) is 18.9 Å². The van der Waals surface area contributed by atoms with E-state index in [1.807, 2.05) is 4.57 Å². The summed E-state index contributed by atoms with van der Waals surface area (Å²) in [6.07, 6.45) is 2.00. The van der Waals surface area contributed by atoms with E-state index in [1.54, 1.807) is 42.5 Å². The lowest BCUT2D eigenvalue weighted by Crippen LogP contribution is -2.29. The molecule has 30 heavy (non-hydrogen) atoms. The zero-order chi connectivity index (χ0) is 20.9. The van der Waals surface area contributed by atoms with Gasteiger partial charge in [0.2, 0.25) is 5.91 Å². The number of amides is 1. The number of halogens is 2. The molecule has 0 spiro atoms. The predicted octanol–water partition coefficient (Wildman–Crippen LogP) is 4.36. The van der Waals surface area contributed by atoms with E-state index in [2.05, 4.69) is 15.5 Å². The molecular formula is C21H20ClFN4O2S. The van der Waals surface area contributed by atoms with Gasteiger partial charge in [-0.05, 0) is 49.2 Å². The van der Waals surface area contributed by atoms with Crippen molar-refractivity contribution in [2.75, 3.05) is 18.9 Å². The molecule has 1 aliphatic carbocycles. The maximum atomic E-state index is 14.2. The lowest BCUT2D eigenvalue weighted by atomic mass is 10.2. The van der Waals surface area contributed by atoms with Crippen LogP contribution in [0.4, 0.5) is 4.39 Å². The monoisotopic (exact) mass is 446 g/mol. The van der Waals surface area contributed by atoms with Crippen molar-refractivity contribution in [2.24, 2.45) is 0 Å². The quantitative estimate of drug-likeness (QED) is 0.390. The molecule has 9 heteroatoms. The Morgan fingerprint density at radius 2 is 1.97 bits per heavy atom. The average Bonchev–Trinajstić information content (AvgIpc) is 3.50. The smallest absolute Gasteiger partial charge is 0.230 e. The van der Waals surface area contributed by atoms with Crippen LogP contribution in [0, 0.1) is 5.82 Å². The molecule has 0 radical (unpaired) electrons. The van der Waals surface area contributed by atoms with Crippen molar-refractivity contribution in [3.05, 3.63) is 59.4 Å². The first-order chi connectivity index (χ1) is 14.6. The summed E-state index contributed by atoms with van der Waals surface area (Å²) in [6.45, 7) is 0.742. The first kappa shape index (κ1) is 20.7. The molecule has 0 unspecified atom stereocenters. The minimum absolute atomic E-state index is 0.127. The Morgan fingerprint density at radius 3 is 2.70 bits per heavy atom. The second kappa shape index (κ2) is 9.49. The van der Waals surface area contributed by atoms with E-state index >= 15 is 0 Å². The number of hydrogen-bond acceptors (Lipinski definition) is 5. The van der Waals surface area contributed by atoms with E-state index in [4.69, 9.17) is 16.3 Å². The summed E-state index contributed by atoms with van der Waals surface area (Å²) in [6, 6.07) is 13.8. The molecule has 1 aromatic heterocycles. The number of nitrogens with one attached hydrogen (secondary N) is 1. The third-order valence-corrected chi connectivity index (χ3v) is 5.73. The number of carbonyl (C=O) groups is 1. The fourth-order valence-corrected chi connectivity index (χ4v) is 3.90. The molecule has 2 aromatic carbocycles. The van der Waals surface area contributed by atoms with Gasteiger partial charge in [0, 0.05) is 11.1 Å². The number of rotatable bonds is 9. The fourth-order valence-electron chi connectivity index (χ4n) is 2.93. The number of aromatic nitrogens is 3. The Morgan fingerprint density at radius 1 is 1.20 bits per heavy atom. The SMILES string of the molecule is O=C(CSc1nnc(-c2ccccc2F)n1C1CC1)NCCOc1ccc(Cl)cc1. The van der Waals surface area contributed by atoms with Crippen LogP contribution < -0.4 is 10.1 Å². The topological polar surface area (TPSA) is 69.0 Å². The molecule has 1 aliphatic rings. The van der Waals surface area contributed by atoms with Gasteiger partial charge in [0.1, 0.15) is 18.2 Å². The molecule has 1 fully saturated rings. The van der Waals surface area contributed by atoms with Gasteiger partial charge in [0.15, 0.2) is 11.0 Å². The summed E-state index contributed by atoms with van der Waals surface area (Å²) in [5.41, 5.74) is 0.424. The Kier molecular flexibility index (Phi) is 6.54. The summed E-state index contributed by atoms with van der Waals surface area (Å²) in [5.74, 6) is 0.943. The number of hydrogen-bond donors (Lipinski definition) is 1. The molecular weight excluding hydrogens is 427 g/mol. The van der Waals surface area contributed by atoms with Crippen LogP contribution in [0.3, 0.4) is 0 Å². The average molecular weight is 447 g/mol. The minimum Gasteiger partial charge on any atom is -0.492 e. The second-order valence-electron chi connectivity index (χ2n) is 6.83. The second-order valence-corrected chi connectivity index (χ2v) is 8.21. The number of benzene rings is 2. The fraction of sp³-hybridized carbons (Fsp3) is 0.286. The van der Waals surface area contributed by atoms with E-state index in [-0.39, 0.29) is 23.5 Å². The Bertz CT molecular complexity index is 1020. The van der Waals surface area contributed by atoms with Gasteiger partial charge < -0.3 is 10.1 Å². The molecule has 1 saturated carbocycles. The first-order valence-electron chi connectivity index (χ1n) is 9.59. The van der Waals surface area contributed by atoms with E-state index in [0.29, 0.717) is 40.5 Å². The third-order valence-electron chi connectivity index (χ3n) is 4.53. The van der Waals surface area contributed by atoms with Gasteiger partial charge in [0.25, 0.3) is 0 Å². The van der Waals surface area contributed by atoms with Crippen LogP contribution in [0.5, 0.6) is 5.75 Å². The van der Waals surface area contributed by atoms with Gasteiger partial charge >= 0.3 is 0 Å². The van der Waals surface area contributed by atoms with Crippen molar-refractivity contribution in [2.45, 2.75) is 24.0 Å². The summed E-state index contributed by atoms with van der Waals surface area (Å²) < 4.78 is 21.7. The molecule has 156 valence electrons. The largest absolute Gasteiger partial charge is 0.492 e. The number of ether oxygens (including phenoxy) is 1. The van der Waals surface area contributed by atoms with Gasteiger partial charge in [-0.25, -0.2) is 4.39 Å². The van der Waals surface area contributed by atoms with Crippen molar-refractivity contribution in [1.82, 2.24) is 20.1 Å². The van der Waals surface area contributed by atoms with Gasteiger partial charge in [0.05, 0.1) is 17.9 Å².